The van der Waals surface area contributed by atoms with E-state index in [2.05, 4.69) is 0 Å². The van der Waals surface area contributed by atoms with Crippen molar-refractivity contribution in [3.63, 3.8) is 0 Å². The van der Waals surface area contributed by atoms with Crippen LogP contribution in [-0.2, 0) is 0 Å². The third-order valence-electron chi connectivity index (χ3n) is 1.85. The van der Waals surface area contributed by atoms with E-state index in [1.165, 1.54) is 17.4 Å². The lowest BCUT2D eigenvalue weighted by atomic mass is 10.2. The Kier molecular flexibility index (Phi) is 7.32. The molecule has 0 radical (unpaired) electrons. The molecule has 0 unspecified atom stereocenters. The molecule has 2 aromatic rings. The molecule has 0 aliphatic heterocycles. The van der Waals surface area contributed by atoms with Gasteiger partial charge in [-0.15, -0.1) is 11.3 Å². The zero-order valence-electron chi connectivity index (χ0n) is 10.7. The van der Waals surface area contributed by atoms with Gasteiger partial charge in [-0.3, -0.25) is 0 Å². The second kappa shape index (κ2) is 7.62. The Morgan fingerprint density at radius 3 is 2.12 bits per heavy atom. The Morgan fingerprint density at radius 1 is 1.06 bits per heavy atom. The van der Waals surface area contributed by atoms with Gasteiger partial charge in [-0.25, -0.2) is 8.78 Å². The molecule has 0 N–H and O–H groups in total. The first-order valence-electron chi connectivity index (χ1n) is 5.64. The van der Waals surface area contributed by atoms with E-state index in [1.54, 1.807) is 6.92 Å². The van der Waals surface area contributed by atoms with Gasteiger partial charge in [-0.1, -0.05) is 39.3 Å². The lowest BCUT2D eigenvalue weighted by Gasteiger charge is -1.94. The maximum Gasteiger partial charge on any atom is 0.168 e. The van der Waals surface area contributed by atoms with Crippen molar-refractivity contribution in [1.82, 2.24) is 0 Å². The minimum Gasteiger partial charge on any atom is -0.204 e. The monoisotopic (exact) mass is 278 g/mol. The van der Waals surface area contributed by atoms with Gasteiger partial charge in [-0.05, 0) is 19.1 Å². The van der Waals surface area contributed by atoms with Crippen molar-refractivity contribution < 1.29 is 8.78 Å². The molecule has 2 rings (SSSR count). The standard InChI is InChI=1S/C9H5ClF2S.2C2H6/c1-4-8(10)7-6(13-4)3-2-5(11)9(7)12;2*1-2/h2-3H,1H3;2*1-2H3. The minimum atomic E-state index is -0.855. The molecular weight excluding hydrogens is 262 g/mol. The third kappa shape index (κ3) is 3.39. The SMILES string of the molecule is CC.CC.Cc1sc2ccc(F)c(F)c2c1Cl. The minimum absolute atomic E-state index is 0.198. The quantitative estimate of drug-likeness (QED) is 0.539. The van der Waals surface area contributed by atoms with E-state index in [0.717, 1.165) is 10.9 Å². The summed E-state index contributed by atoms with van der Waals surface area (Å²) in [6.45, 7) is 9.78. The second-order valence-electron chi connectivity index (χ2n) is 2.71. The molecular formula is C13H17ClF2S. The van der Waals surface area contributed by atoms with Gasteiger partial charge in [0.25, 0.3) is 0 Å². The van der Waals surface area contributed by atoms with E-state index in [0.29, 0.717) is 9.72 Å². The van der Waals surface area contributed by atoms with E-state index in [1.807, 2.05) is 27.7 Å². The van der Waals surface area contributed by atoms with E-state index in [-0.39, 0.29) is 5.39 Å². The fraction of sp³-hybridized carbons (Fsp3) is 0.385. The number of hydrogen-bond acceptors (Lipinski definition) is 1. The van der Waals surface area contributed by atoms with Crippen LogP contribution in [0, 0.1) is 18.6 Å². The van der Waals surface area contributed by atoms with E-state index < -0.39 is 11.6 Å². The molecule has 4 heteroatoms. The van der Waals surface area contributed by atoms with Gasteiger partial charge in [0.15, 0.2) is 11.6 Å². The first-order chi connectivity index (χ1) is 8.11. The van der Waals surface area contributed by atoms with Crippen LogP contribution < -0.4 is 0 Å². The van der Waals surface area contributed by atoms with Gasteiger partial charge in [-0.2, -0.15) is 0 Å². The molecule has 0 bridgehead atoms. The van der Waals surface area contributed by atoms with Crippen LogP contribution in [-0.4, -0.2) is 0 Å². The van der Waals surface area contributed by atoms with Crippen LogP contribution >= 0.6 is 22.9 Å². The van der Waals surface area contributed by atoms with Crippen LogP contribution in [0.5, 0.6) is 0 Å². The number of benzene rings is 1. The predicted molar refractivity (Wildman–Crippen MR) is 74.2 cm³/mol. The molecule has 1 aromatic carbocycles. The summed E-state index contributed by atoms with van der Waals surface area (Å²) in [5, 5.41) is 0.515. The van der Waals surface area contributed by atoms with Gasteiger partial charge >= 0.3 is 0 Å². The summed E-state index contributed by atoms with van der Waals surface area (Å²) in [7, 11) is 0. The molecule has 0 nitrogen and oxygen atoms in total. The maximum atomic E-state index is 13.2. The van der Waals surface area contributed by atoms with E-state index >= 15 is 0 Å². The number of hydrogen-bond donors (Lipinski definition) is 0. The van der Waals surface area contributed by atoms with Crippen LogP contribution in [0.25, 0.3) is 10.1 Å². The molecule has 0 aliphatic carbocycles. The first-order valence-corrected chi connectivity index (χ1v) is 6.83. The van der Waals surface area contributed by atoms with Crippen molar-refractivity contribution in [2.24, 2.45) is 0 Å². The Labute approximate surface area is 110 Å². The lowest BCUT2D eigenvalue weighted by Crippen LogP contribution is -1.82. The molecule has 0 saturated heterocycles. The third-order valence-corrected chi connectivity index (χ3v) is 3.50. The highest BCUT2D eigenvalue weighted by atomic mass is 35.5. The van der Waals surface area contributed by atoms with Crippen molar-refractivity contribution in [3.8, 4) is 0 Å². The van der Waals surface area contributed by atoms with E-state index in [4.69, 9.17) is 11.6 Å². The summed E-state index contributed by atoms with van der Waals surface area (Å²) in [5.41, 5.74) is 0. The first kappa shape index (κ1) is 16.3. The van der Waals surface area contributed by atoms with Crippen molar-refractivity contribution in [2.45, 2.75) is 34.6 Å². The summed E-state index contributed by atoms with van der Waals surface area (Å²) >= 11 is 7.19. The van der Waals surface area contributed by atoms with Crippen LogP contribution in [0.2, 0.25) is 5.02 Å². The Balaban J connectivity index is 0.000000581. The fourth-order valence-electron chi connectivity index (χ4n) is 1.21. The van der Waals surface area contributed by atoms with Crippen molar-refractivity contribution >= 4 is 33.0 Å². The van der Waals surface area contributed by atoms with Gasteiger partial charge in [0.1, 0.15) is 0 Å². The molecule has 0 spiro atoms. The maximum absolute atomic E-state index is 13.2. The molecule has 17 heavy (non-hydrogen) atoms. The number of fused-ring (bicyclic) bond motifs is 1. The van der Waals surface area contributed by atoms with Crippen LogP contribution in [0.3, 0.4) is 0 Å². The summed E-state index contributed by atoms with van der Waals surface area (Å²) in [4.78, 5) is 0.807. The topological polar surface area (TPSA) is 0 Å². The summed E-state index contributed by atoms with van der Waals surface area (Å²) in [5.74, 6) is -1.71. The van der Waals surface area contributed by atoms with Gasteiger partial charge < -0.3 is 0 Å². The molecule has 0 aliphatic rings. The summed E-state index contributed by atoms with van der Waals surface area (Å²) in [6, 6.07) is 2.65. The smallest absolute Gasteiger partial charge is 0.168 e. The Hall–Kier alpha value is -0.670. The molecule has 0 amide bonds. The molecule has 1 heterocycles. The highest BCUT2D eigenvalue weighted by Gasteiger charge is 2.14. The van der Waals surface area contributed by atoms with Crippen LogP contribution in [0.1, 0.15) is 32.6 Å². The lowest BCUT2D eigenvalue weighted by molar-refractivity contribution is 0.517. The largest absolute Gasteiger partial charge is 0.204 e. The molecule has 0 fully saturated rings. The Bertz CT molecular complexity index is 478. The van der Waals surface area contributed by atoms with Gasteiger partial charge in [0, 0.05) is 9.58 Å². The van der Waals surface area contributed by atoms with Crippen LogP contribution in [0.15, 0.2) is 12.1 Å². The zero-order valence-corrected chi connectivity index (χ0v) is 12.3. The van der Waals surface area contributed by atoms with Gasteiger partial charge in [0.2, 0.25) is 0 Å². The summed E-state index contributed by atoms with van der Waals surface area (Å²) in [6.07, 6.45) is 0. The molecule has 0 saturated carbocycles. The average molecular weight is 279 g/mol. The molecule has 0 atom stereocenters. The van der Waals surface area contributed by atoms with E-state index in [9.17, 15) is 8.78 Å². The fourth-order valence-corrected chi connectivity index (χ4v) is 2.52. The van der Waals surface area contributed by atoms with Crippen molar-refractivity contribution in [3.05, 3.63) is 33.7 Å². The molecule has 96 valence electrons. The van der Waals surface area contributed by atoms with Gasteiger partial charge in [0.05, 0.1) is 10.4 Å². The second-order valence-corrected chi connectivity index (χ2v) is 4.34. The predicted octanol–water partition coefficient (Wildman–Crippen LogP) is 6.19. The Morgan fingerprint density at radius 2 is 1.59 bits per heavy atom. The number of thiophene rings is 1. The molecule has 1 aromatic heterocycles. The number of rotatable bonds is 0. The highest BCUT2D eigenvalue weighted by Crippen LogP contribution is 2.36. The van der Waals surface area contributed by atoms with Crippen LogP contribution in [0.4, 0.5) is 8.78 Å². The summed E-state index contributed by atoms with van der Waals surface area (Å²) < 4.78 is 26.7. The number of aryl methyl sites for hydroxylation is 1. The highest BCUT2D eigenvalue weighted by molar-refractivity contribution is 7.19. The normalized spacial score (nSPS) is 9.18. The van der Waals surface area contributed by atoms with Crippen molar-refractivity contribution in [1.29, 1.82) is 0 Å². The zero-order chi connectivity index (χ0) is 13.6. The average Bonchev–Trinajstić information content (AvgIpc) is 2.66. The van der Waals surface area contributed by atoms with Crippen molar-refractivity contribution in [2.75, 3.05) is 0 Å². The number of halogens is 3.